The van der Waals surface area contributed by atoms with Gasteiger partial charge < -0.3 is 5.32 Å². The molecule has 0 bridgehead atoms. The highest BCUT2D eigenvalue weighted by Crippen LogP contribution is 2.17. The molecule has 1 N–H and O–H groups in total. The summed E-state index contributed by atoms with van der Waals surface area (Å²) in [6, 6.07) is 18.9. The zero-order chi connectivity index (χ0) is 16.5. The standard InChI is InChI=1S/C19H22N2O2/c1-2-3-14-20-18(22)19(23)21(17-12-8-5-9-13-17)15-16-10-6-4-7-11-16/h4-13H,2-3,14-15H2,1H3,(H,20,22). The fourth-order valence-electron chi connectivity index (χ4n) is 2.23. The van der Waals surface area contributed by atoms with Crippen LogP contribution in [0, 0.1) is 0 Å². The number of hydrogen-bond donors (Lipinski definition) is 1. The first kappa shape index (κ1) is 16.7. The van der Waals surface area contributed by atoms with Crippen LogP contribution < -0.4 is 10.2 Å². The van der Waals surface area contributed by atoms with Crippen molar-refractivity contribution >= 4 is 17.5 Å². The molecule has 0 aliphatic rings. The third-order valence-corrected chi connectivity index (χ3v) is 3.51. The van der Waals surface area contributed by atoms with Crippen LogP contribution in [-0.4, -0.2) is 18.4 Å². The van der Waals surface area contributed by atoms with Crippen molar-refractivity contribution in [1.82, 2.24) is 5.32 Å². The third kappa shape index (κ3) is 4.95. The van der Waals surface area contributed by atoms with E-state index >= 15 is 0 Å². The van der Waals surface area contributed by atoms with E-state index in [2.05, 4.69) is 5.32 Å². The molecule has 0 aliphatic carbocycles. The predicted octanol–water partition coefficient (Wildman–Crippen LogP) is 3.14. The molecule has 4 nitrogen and oxygen atoms in total. The average molecular weight is 310 g/mol. The Morgan fingerprint density at radius 2 is 1.57 bits per heavy atom. The maximum Gasteiger partial charge on any atom is 0.316 e. The summed E-state index contributed by atoms with van der Waals surface area (Å²) in [5.41, 5.74) is 1.69. The number of anilines is 1. The average Bonchev–Trinajstić information content (AvgIpc) is 2.61. The molecule has 0 atom stereocenters. The molecule has 0 saturated heterocycles. The van der Waals surface area contributed by atoms with Crippen molar-refractivity contribution in [1.29, 1.82) is 0 Å². The normalized spacial score (nSPS) is 10.1. The molecule has 4 heteroatoms. The van der Waals surface area contributed by atoms with Gasteiger partial charge in [-0.15, -0.1) is 0 Å². The third-order valence-electron chi connectivity index (χ3n) is 3.51. The molecule has 23 heavy (non-hydrogen) atoms. The molecule has 0 heterocycles. The van der Waals surface area contributed by atoms with Crippen LogP contribution >= 0.6 is 0 Å². The lowest BCUT2D eigenvalue weighted by atomic mass is 10.2. The molecule has 0 radical (unpaired) electrons. The molecule has 2 aromatic carbocycles. The first-order valence-electron chi connectivity index (χ1n) is 7.91. The van der Waals surface area contributed by atoms with Gasteiger partial charge >= 0.3 is 11.8 Å². The Bertz CT molecular complexity index is 626. The molecular weight excluding hydrogens is 288 g/mol. The van der Waals surface area contributed by atoms with E-state index in [0.717, 1.165) is 18.4 Å². The maximum absolute atomic E-state index is 12.6. The van der Waals surface area contributed by atoms with Crippen LogP contribution in [0.2, 0.25) is 0 Å². The molecule has 0 aromatic heterocycles. The second kappa shape index (κ2) is 8.73. The van der Waals surface area contributed by atoms with E-state index in [1.54, 1.807) is 0 Å². The van der Waals surface area contributed by atoms with Gasteiger partial charge in [-0.3, -0.25) is 14.5 Å². The van der Waals surface area contributed by atoms with Crippen molar-refractivity contribution in [3.63, 3.8) is 0 Å². The number of nitrogens with one attached hydrogen (secondary N) is 1. The summed E-state index contributed by atoms with van der Waals surface area (Å²) in [6.45, 7) is 2.93. The zero-order valence-corrected chi connectivity index (χ0v) is 13.4. The quantitative estimate of drug-likeness (QED) is 0.658. The lowest BCUT2D eigenvalue weighted by Gasteiger charge is -2.22. The molecule has 2 amide bonds. The summed E-state index contributed by atoms with van der Waals surface area (Å²) in [4.78, 5) is 26.2. The summed E-state index contributed by atoms with van der Waals surface area (Å²) < 4.78 is 0. The first-order valence-corrected chi connectivity index (χ1v) is 7.91. The van der Waals surface area contributed by atoms with Gasteiger partial charge in [-0.25, -0.2) is 0 Å². The Hall–Kier alpha value is -2.62. The monoisotopic (exact) mass is 310 g/mol. The molecular formula is C19H22N2O2. The fraction of sp³-hybridized carbons (Fsp3) is 0.263. The molecule has 2 aromatic rings. The van der Waals surface area contributed by atoms with E-state index < -0.39 is 11.8 Å². The van der Waals surface area contributed by atoms with E-state index in [1.807, 2.05) is 67.6 Å². The zero-order valence-electron chi connectivity index (χ0n) is 13.4. The van der Waals surface area contributed by atoms with Gasteiger partial charge in [0, 0.05) is 12.2 Å². The van der Waals surface area contributed by atoms with Gasteiger partial charge in [0.15, 0.2) is 0 Å². The van der Waals surface area contributed by atoms with Crippen molar-refractivity contribution in [3.8, 4) is 0 Å². The van der Waals surface area contributed by atoms with E-state index in [-0.39, 0.29) is 0 Å². The second-order valence-corrected chi connectivity index (χ2v) is 5.32. The summed E-state index contributed by atoms with van der Waals surface area (Å²) in [5.74, 6) is -1.09. The smallest absolute Gasteiger partial charge is 0.316 e. The summed E-state index contributed by atoms with van der Waals surface area (Å²) >= 11 is 0. The number of hydrogen-bond acceptors (Lipinski definition) is 2. The number of carbonyl (C=O) groups excluding carboxylic acids is 2. The topological polar surface area (TPSA) is 49.4 Å². The van der Waals surface area contributed by atoms with Crippen molar-refractivity contribution in [2.24, 2.45) is 0 Å². The number of rotatable bonds is 6. The first-order chi connectivity index (χ1) is 11.2. The highest BCUT2D eigenvalue weighted by Gasteiger charge is 2.23. The number of unbranched alkanes of at least 4 members (excludes halogenated alkanes) is 1. The Kier molecular flexibility index (Phi) is 6.36. The van der Waals surface area contributed by atoms with Crippen LogP contribution in [0.1, 0.15) is 25.3 Å². The van der Waals surface area contributed by atoms with E-state index in [9.17, 15) is 9.59 Å². The predicted molar refractivity (Wildman–Crippen MR) is 92.0 cm³/mol. The Morgan fingerprint density at radius 3 is 2.17 bits per heavy atom. The highest BCUT2D eigenvalue weighted by atomic mass is 16.2. The van der Waals surface area contributed by atoms with Crippen LogP contribution in [0.3, 0.4) is 0 Å². The van der Waals surface area contributed by atoms with Crippen molar-refractivity contribution in [2.75, 3.05) is 11.4 Å². The number of amides is 2. The van der Waals surface area contributed by atoms with Crippen molar-refractivity contribution < 1.29 is 9.59 Å². The molecule has 0 saturated carbocycles. The lowest BCUT2D eigenvalue weighted by molar-refractivity contribution is -0.137. The van der Waals surface area contributed by atoms with Crippen LogP contribution in [0.15, 0.2) is 60.7 Å². The van der Waals surface area contributed by atoms with E-state index in [0.29, 0.717) is 18.8 Å². The highest BCUT2D eigenvalue weighted by molar-refractivity contribution is 6.40. The Labute approximate surface area is 137 Å². The van der Waals surface area contributed by atoms with Crippen molar-refractivity contribution in [3.05, 3.63) is 66.2 Å². The van der Waals surface area contributed by atoms with Gasteiger partial charge in [0.2, 0.25) is 0 Å². The van der Waals surface area contributed by atoms with E-state index in [1.165, 1.54) is 4.90 Å². The number of benzene rings is 2. The Morgan fingerprint density at radius 1 is 0.957 bits per heavy atom. The second-order valence-electron chi connectivity index (χ2n) is 5.32. The van der Waals surface area contributed by atoms with Gasteiger partial charge in [-0.2, -0.15) is 0 Å². The lowest BCUT2D eigenvalue weighted by Crippen LogP contribution is -2.43. The van der Waals surface area contributed by atoms with Crippen molar-refractivity contribution in [2.45, 2.75) is 26.3 Å². The SMILES string of the molecule is CCCCNC(=O)C(=O)N(Cc1ccccc1)c1ccccc1. The Balaban J connectivity index is 2.16. The fourth-order valence-corrected chi connectivity index (χ4v) is 2.23. The molecule has 0 unspecified atom stereocenters. The molecule has 0 spiro atoms. The summed E-state index contributed by atoms with van der Waals surface area (Å²) in [5, 5.41) is 2.69. The minimum Gasteiger partial charge on any atom is -0.348 e. The van der Waals surface area contributed by atoms with Crippen LogP contribution in [0.4, 0.5) is 5.69 Å². The minimum atomic E-state index is -0.557. The minimum absolute atomic E-state index is 0.366. The largest absolute Gasteiger partial charge is 0.348 e. The van der Waals surface area contributed by atoms with Gasteiger partial charge in [-0.1, -0.05) is 61.9 Å². The summed E-state index contributed by atoms with van der Waals surface area (Å²) in [7, 11) is 0. The van der Waals surface area contributed by atoms with Gasteiger partial charge in [-0.05, 0) is 24.1 Å². The van der Waals surface area contributed by atoms with Crippen LogP contribution in [0.5, 0.6) is 0 Å². The van der Waals surface area contributed by atoms with Crippen LogP contribution in [0.25, 0.3) is 0 Å². The van der Waals surface area contributed by atoms with Gasteiger partial charge in [0.05, 0.1) is 6.54 Å². The molecule has 120 valence electrons. The number of carbonyl (C=O) groups is 2. The van der Waals surface area contributed by atoms with Gasteiger partial charge in [0.25, 0.3) is 0 Å². The molecule has 2 rings (SSSR count). The molecule has 0 fully saturated rings. The van der Waals surface area contributed by atoms with Crippen LogP contribution in [-0.2, 0) is 16.1 Å². The maximum atomic E-state index is 12.6. The van der Waals surface area contributed by atoms with E-state index in [4.69, 9.17) is 0 Å². The number of para-hydroxylation sites is 1. The summed E-state index contributed by atoms with van der Waals surface area (Å²) in [6.07, 6.45) is 1.84. The number of nitrogens with zero attached hydrogens (tertiary/aromatic N) is 1. The molecule has 0 aliphatic heterocycles. The van der Waals surface area contributed by atoms with Gasteiger partial charge in [0.1, 0.15) is 0 Å².